The van der Waals surface area contributed by atoms with E-state index in [1.165, 1.54) is 16.3 Å². The van der Waals surface area contributed by atoms with Gasteiger partial charge < -0.3 is 10.6 Å². The van der Waals surface area contributed by atoms with Crippen molar-refractivity contribution in [3.8, 4) is 0 Å². The predicted octanol–water partition coefficient (Wildman–Crippen LogP) is 3.40. The zero-order chi connectivity index (χ0) is 14.6. The van der Waals surface area contributed by atoms with Gasteiger partial charge in [-0.3, -0.25) is 0 Å². The highest BCUT2D eigenvalue weighted by Gasteiger charge is 2.30. The fourth-order valence-electron chi connectivity index (χ4n) is 2.98. The number of fused-ring (bicyclic) bond motifs is 1. The van der Waals surface area contributed by atoms with Gasteiger partial charge in [-0.2, -0.15) is 0 Å². The van der Waals surface area contributed by atoms with Gasteiger partial charge in [-0.15, -0.1) is 0 Å². The molecular weight excluding hydrogens is 244 g/mol. The zero-order valence-corrected chi connectivity index (χ0v) is 12.9. The van der Waals surface area contributed by atoms with E-state index < -0.39 is 0 Å². The Labute approximate surface area is 122 Å². The lowest BCUT2D eigenvalue weighted by Gasteiger charge is -2.34. The Bertz CT molecular complexity index is 551. The molecule has 108 valence electrons. The minimum Gasteiger partial charge on any atom is -0.330 e. The van der Waals surface area contributed by atoms with Crippen molar-refractivity contribution in [2.24, 2.45) is 5.73 Å². The Morgan fingerprint density at radius 1 is 1.05 bits per heavy atom. The quantitative estimate of drug-likeness (QED) is 0.871. The van der Waals surface area contributed by atoms with Crippen molar-refractivity contribution in [2.75, 3.05) is 27.2 Å². The molecule has 2 aromatic carbocycles. The molecule has 2 rings (SSSR count). The molecule has 20 heavy (non-hydrogen) atoms. The van der Waals surface area contributed by atoms with E-state index >= 15 is 0 Å². The number of hydrogen-bond donors (Lipinski definition) is 1. The van der Waals surface area contributed by atoms with Crippen molar-refractivity contribution >= 4 is 10.8 Å². The van der Waals surface area contributed by atoms with Crippen molar-refractivity contribution in [1.82, 2.24) is 4.90 Å². The first-order valence-corrected chi connectivity index (χ1v) is 7.46. The van der Waals surface area contributed by atoms with Crippen LogP contribution in [0.4, 0.5) is 0 Å². The third-order valence-electron chi connectivity index (χ3n) is 4.47. The van der Waals surface area contributed by atoms with E-state index in [-0.39, 0.29) is 5.41 Å². The lowest BCUT2D eigenvalue weighted by atomic mass is 9.73. The van der Waals surface area contributed by atoms with Crippen LogP contribution in [-0.4, -0.2) is 32.1 Å². The maximum atomic E-state index is 6.21. The van der Waals surface area contributed by atoms with Gasteiger partial charge in [0.05, 0.1) is 0 Å². The Morgan fingerprint density at radius 2 is 1.75 bits per heavy atom. The molecular formula is C18H26N2. The van der Waals surface area contributed by atoms with Crippen molar-refractivity contribution in [2.45, 2.75) is 25.2 Å². The number of hydrogen-bond acceptors (Lipinski definition) is 2. The summed E-state index contributed by atoms with van der Waals surface area (Å²) in [5, 5.41) is 2.65. The van der Waals surface area contributed by atoms with E-state index in [0.717, 1.165) is 19.4 Å². The zero-order valence-electron chi connectivity index (χ0n) is 12.9. The molecule has 2 heteroatoms. The smallest absolute Gasteiger partial charge is 0.00912 e. The molecule has 0 amide bonds. The minimum absolute atomic E-state index is 0.0745. The summed E-state index contributed by atoms with van der Waals surface area (Å²) in [5.41, 5.74) is 7.69. The second kappa shape index (κ2) is 6.38. The van der Waals surface area contributed by atoms with E-state index in [1.807, 2.05) is 0 Å². The molecule has 1 atom stereocenters. The fraction of sp³-hybridized carbons (Fsp3) is 0.444. The summed E-state index contributed by atoms with van der Waals surface area (Å²) in [4.78, 5) is 2.24. The first-order valence-electron chi connectivity index (χ1n) is 7.46. The highest BCUT2D eigenvalue weighted by Crippen LogP contribution is 2.35. The first kappa shape index (κ1) is 15.0. The van der Waals surface area contributed by atoms with Gasteiger partial charge in [0.25, 0.3) is 0 Å². The Balaban J connectivity index is 2.51. The van der Waals surface area contributed by atoms with Gasteiger partial charge in [-0.25, -0.2) is 0 Å². The van der Waals surface area contributed by atoms with Gasteiger partial charge in [0.1, 0.15) is 0 Å². The van der Waals surface area contributed by atoms with Gasteiger partial charge in [0.15, 0.2) is 0 Å². The molecule has 2 N–H and O–H groups in total. The highest BCUT2D eigenvalue weighted by molar-refractivity contribution is 5.86. The topological polar surface area (TPSA) is 29.3 Å². The van der Waals surface area contributed by atoms with Gasteiger partial charge in [0.2, 0.25) is 0 Å². The van der Waals surface area contributed by atoms with Crippen LogP contribution in [0, 0.1) is 0 Å². The second-order valence-corrected chi connectivity index (χ2v) is 5.92. The molecule has 0 saturated heterocycles. The molecule has 0 aromatic heterocycles. The molecule has 0 aliphatic carbocycles. The summed E-state index contributed by atoms with van der Waals surface area (Å²) in [6, 6.07) is 15.2. The lowest BCUT2D eigenvalue weighted by Crippen LogP contribution is -2.37. The van der Waals surface area contributed by atoms with Gasteiger partial charge in [-0.05, 0) is 49.8 Å². The summed E-state index contributed by atoms with van der Waals surface area (Å²) in [7, 11) is 4.25. The third kappa shape index (κ3) is 2.87. The minimum atomic E-state index is 0.0745. The van der Waals surface area contributed by atoms with E-state index in [0.29, 0.717) is 6.54 Å². The van der Waals surface area contributed by atoms with E-state index in [9.17, 15) is 0 Å². The summed E-state index contributed by atoms with van der Waals surface area (Å²) in [6.07, 6.45) is 2.17. The number of rotatable bonds is 6. The number of nitrogens with zero attached hydrogens (tertiary/aromatic N) is 1. The molecule has 0 aliphatic heterocycles. The van der Waals surface area contributed by atoms with E-state index in [1.54, 1.807) is 0 Å². The molecule has 0 bridgehead atoms. The molecule has 0 fully saturated rings. The average Bonchev–Trinajstić information content (AvgIpc) is 2.48. The van der Waals surface area contributed by atoms with Crippen LogP contribution < -0.4 is 5.73 Å². The summed E-state index contributed by atoms with van der Waals surface area (Å²) in [6.45, 7) is 4.02. The lowest BCUT2D eigenvalue weighted by molar-refractivity contribution is 0.311. The molecule has 2 aromatic rings. The van der Waals surface area contributed by atoms with Crippen LogP contribution in [0.1, 0.15) is 25.3 Å². The molecule has 0 spiro atoms. The van der Waals surface area contributed by atoms with Crippen LogP contribution in [-0.2, 0) is 5.41 Å². The van der Waals surface area contributed by atoms with Gasteiger partial charge in [-0.1, -0.05) is 49.4 Å². The van der Waals surface area contributed by atoms with Crippen LogP contribution in [0.25, 0.3) is 10.8 Å². The Hall–Kier alpha value is -1.38. The van der Waals surface area contributed by atoms with Gasteiger partial charge in [0, 0.05) is 12.0 Å². The molecule has 0 radical (unpaired) electrons. The first-order chi connectivity index (χ1) is 9.63. The second-order valence-electron chi connectivity index (χ2n) is 5.92. The molecule has 2 nitrogen and oxygen atoms in total. The van der Waals surface area contributed by atoms with Crippen molar-refractivity contribution in [3.63, 3.8) is 0 Å². The van der Waals surface area contributed by atoms with Crippen LogP contribution in [0.15, 0.2) is 42.5 Å². The molecule has 0 saturated carbocycles. The van der Waals surface area contributed by atoms with Crippen LogP contribution >= 0.6 is 0 Å². The van der Waals surface area contributed by atoms with Crippen molar-refractivity contribution in [1.29, 1.82) is 0 Å². The maximum absolute atomic E-state index is 6.21. The van der Waals surface area contributed by atoms with Crippen molar-refractivity contribution in [3.05, 3.63) is 48.0 Å². The standard InChI is InChI=1S/C18H26N2/c1-4-18(14-19,12-13-20(2)3)17-11-7-9-15-8-5-6-10-16(15)17/h5-11H,4,12-14,19H2,1-3H3/t18-/m1/s1. The third-order valence-corrected chi connectivity index (χ3v) is 4.47. The Morgan fingerprint density at radius 3 is 2.40 bits per heavy atom. The predicted molar refractivity (Wildman–Crippen MR) is 88.1 cm³/mol. The van der Waals surface area contributed by atoms with E-state index in [4.69, 9.17) is 5.73 Å². The van der Waals surface area contributed by atoms with Gasteiger partial charge >= 0.3 is 0 Å². The van der Waals surface area contributed by atoms with E-state index in [2.05, 4.69) is 68.4 Å². The molecule has 0 unspecified atom stereocenters. The average molecular weight is 270 g/mol. The monoisotopic (exact) mass is 270 g/mol. The van der Waals surface area contributed by atoms with Crippen LogP contribution in [0.3, 0.4) is 0 Å². The number of benzene rings is 2. The summed E-state index contributed by atoms with van der Waals surface area (Å²) < 4.78 is 0. The normalized spacial score (nSPS) is 14.7. The summed E-state index contributed by atoms with van der Waals surface area (Å²) in [5.74, 6) is 0. The maximum Gasteiger partial charge on any atom is 0.00912 e. The highest BCUT2D eigenvalue weighted by atomic mass is 15.0. The fourth-order valence-corrected chi connectivity index (χ4v) is 2.98. The molecule has 0 heterocycles. The Kier molecular flexibility index (Phi) is 4.79. The largest absolute Gasteiger partial charge is 0.330 e. The number of nitrogens with two attached hydrogens (primary N) is 1. The van der Waals surface area contributed by atoms with Crippen LogP contribution in [0.2, 0.25) is 0 Å². The SMILES string of the molecule is CC[C@](CN)(CCN(C)C)c1cccc2ccccc12. The summed E-state index contributed by atoms with van der Waals surface area (Å²) >= 11 is 0. The van der Waals surface area contributed by atoms with Crippen LogP contribution in [0.5, 0.6) is 0 Å². The van der Waals surface area contributed by atoms with Crippen molar-refractivity contribution < 1.29 is 0 Å². The molecule has 0 aliphatic rings.